The predicted octanol–water partition coefficient (Wildman–Crippen LogP) is 0.683. The maximum Gasteiger partial charge on any atom is 0.169 e. The Morgan fingerprint density at radius 1 is 1.47 bits per heavy atom. The fourth-order valence-electron chi connectivity index (χ4n) is 1.25. The summed E-state index contributed by atoms with van der Waals surface area (Å²) in [6.07, 6.45) is 3.48. The fourth-order valence-corrected chi connectivity index (χ4v) is 1.42. The highest BCUT2D eigenvalue weighted by atomic mass is 35.5. The molecular weight excluding hydrogens is 244 g/mol. The van der Waals surface area contributed by atoms with Crippen molar-refractivity contribution in [2.75, 3.05) is 5.32 Å². The number of hydrogen-bond donors (Lipinski definition) is 1. The van der Waals surface area contributed by atoms with Crippen LogP contribution in [-0.2, 0) is 13.6 Å². The zero-order valence-electron chi connectivity index (χ0n) is 8.96. The number of aromatic nitrogens is 5. The Hall–Kier alpha value is -2.02. The SMILES string of the molecule is Cn1cnc(CNc2ncnc(Cl)c2C=O)n1. The number of rotatable bonds is 4. The van der Waals surface area contributed by atoms with Gasteiger partial charge in [-0.05, 0) is 0 Å². The molecule has 0 bridgehead atoms. The van der Waals surface area contributed by atoms with Crippen molar-refractivity contribution >= 4 is 23.7 Å². The molecule has 0 spiro atoms. The summed E-state index contributed by atoms with van der Waals surface area (Å²) in [5, 5.41) is 7.13. The van der Waals surface area contributed by atoms with E-state index in [1.807, 2.05) is 0 Å². The van der Waals surface area contributed by atoms with Gasteiger partial charge in [0.15, 0.2) is 12.1 Å². The largest absolute Gasteiger partial charge is 0.362 e. The number of aldehydes is 1. The zero-order valence-corrected chi connectivity index (χ0v) is 9.72. The number of carbonyl (C=O) groups is 1. The summed E-state index contributed by atoms with van der Waals surface area (Å²) in [5.41, 5.74) is 0.227. The van der Waals surface area contributed by atoms with E-state index < -0.39 is 0 Å². The van der Waals surface area contributed by atoms with Gasteiger partial charge in [-0.15, -0.1) is 0 Å². The summed E-state index contributed by atoms with van der Waals surface area (Å²) in [4.78, 5) is 22.5. The van der Waals surface area contributed by atoms with Crippen LogP contribution in [0.25, 0.3) is 0 Å². The number of anilines is 1. The van der Waals surface area contributed by atoms with E-state index in [2.05, 4.69) is 25.4 Å². The molecule has 0 aliphatic carbocycles. The first-order valence-corrected chi connectivity index (χ1v) is 5.12. The van der Waals surface area contributed by atoms with Crippen molar-refractivity contribution < 1.29 is 4.79 Å². The van der Waals surface area contributed by atoms with Crippen molar-refractivity contribution in [3.63, 3.8) is 0 Å². The minimum Gasteiger partial charge on any atom is -0.362 e. The second-order valence-corrected chi connectivity index (χ2v) is 3.59. The van der Waals surface area contributed by atoms with Crippen LogP contribution in [0.15, 0.2) is 12.7 Å². The Labute approximate surface area is 102 Å². The topological polar surface area (TPSA) is 85.6 Å². The van der Waals surface area contributed by atoms with Crippen molar-refractivity contribution in [2.45, 2.75) is 6.54 Å². The number of nitrogens with zero attached hydrogens (tertiary/aromatic N) is 5. The molecule has 0 aliphatic heterocycles. The molecule has 0 fully saturated rings. The second kappa shape index (κ2) is 4.88. The third-order valence-corrected chi connectivity index (χ3v) is 2.32. The van der Waals surface area contributed by atoms with Crippen molar-refractivity contribution in [1.29, 1.82) is 0 Å². The van der Waals surface area contributed by atoms with E-state index in [1.54, 1.807) is 18.1 Å². The molecule has 1 N–H and O–H groups in total. The molecule has 2 heterocycles. The van der Waals surface area contributed by atoms with Crippen LogP contribution < -0.4 is 5.32 Å². The maximum atomic E-state index is 10.8. The highest BCUT2D eigenvalue weighted by Gasteiger charge is 2.09. The lowest BCUT2D eigenvalue weighted by molar-refractivity contribution is 0.112. The van der Waals surface area contributed by atoms with Gasteiger partial charge < -0.3 is 5.32 Å². The van der Waals surface area contributed by atoms with Crippen LogP contribution in [0, 0.1) is 0 Å². The summed E-state index contributed by atoms with van der Waals surface area (Å²) in [6.45, 7) is 0.356. The van der Waals surface area contributed by atoms with E-state index in [9.17, 15) is 4.79 Å². The Bertz CT molecular complexity index is 540. The number of aryl methyl sites for hydroxylation is 1. The lowest BCUT2D eigenvalue weighted by atomic mass is 10.3. The van der Waals surface area contributed by atoms with Gasteiger partial charge in [0.2, 0.25) is 0 Å². The summed E-state index contributed by atoms with van der Waals surface area (Å²) in [5.74, 6) is 0.964. The molecule has 0 saturated carbocycles. The van der Waals surface area contributed by atoms with E-state index in [4.69, 9.17) is 11.6 Å². The van der Waals surface area contributed by atoms with Gasteiger partial charge in [-0.1, -0.05) is 11.6 Å². The summed E-state index contributed by atoms with van der Waals surface area (Å²) in [6, 6.07) is 0. The lowest BCUT2D eigenvalue weighted by Crippen LogP contribution is -2.07. The Balaban J connectivity index is 2.14. The molecule has 0 unspecified atom stereocenters. The van der Waals surface area contributed by atoms with Gasteiger partial charge in [0, 0.05) is 7.05 Å². The minimum absolute atomic E-state index is 0.117. The van der Waals surface area contributed by atoms with Gasteiger partial charge in [-0.2, -0.15) is 5.10 Å². The zero-order chi connectivity index (χ0) is 12.3. The van der Waals surface area contributed by atoms with E-state index in [0.29, 0.717) is 24.5 Å². The Morgan fingerprint density at radius 2 is 2.29 bits per heavy atom. The molecule has 88 valence electrons. The van der Waals surface area contributed by atoms with Crippen LogP contribution in [0.4, 0.5) is 5.82 Å². The van der Waals surface area contributed by atoms with Gasteiger partial charge in [0.25, 0.3) is 0 Å². The molecule has 2 aromatic heterocycles. The third kappa shape index (κ3) is 2.56. The van der Waals surface area contributed by atoms with Gasteiger partial charge in [-0.25, -0.2) is 15.0 Å². The normalized spacial score (nSPS) is 10.2. The van der Waals surface area contributed by atoms with Gasteiger partial charge >= 0.3 is 0 Å². The molecule has 0 atom stereocenters. The molecule has 7 nitrogen and oxygen atoms in total. The van der Waals surface area contributed by atoms with Crippen molar-refractivity contribution in [3.05, 3.63) is 29.2 Å². The number of nitrogens with one attached hydrogen (secondary N) is 1. The van der Waals surface area contributed by atoms with Crippen LogP contribution in [0.5, 0.6) is 0 Å². The van der Waals surface area contributed by atoms with Crippen molar-refractivity contribution in [3.8, 4) is 0 Å². The van der Waals surface area contributed by atoms with Gasteiger partial charge in [0.1, 0.15) is 23.6 Å². The first kappa shape index (κ1) is 11.5. The molecule has 17 heavy (non-hydrogen) atoms. The van der Waals surface area contributed by atoms with E-state index in [1.165, 1.54) is 6.33 Å². The molecule has 0 saturated heterocycles. The maximum absolute atomic E-state index is 10.8. The highest BCUT2D eigenvalue weighted by molar-refractivity contribution is 6.32. The summed E-state index contributed by atoms with van der Waals surface area (Å²) in [7, 11) is 1.77. The molecule has 0 amide bonds. The van der Waals surface area contributed by atoms with Crippen LogP contribution in [-0.4, -0.2) is 31.0 Å². The second-order valence-electron chi connectivity index (χ2n) is 3.23. The molecule has 0 radical (unpaired) electrons. The molecule has 8 heteroatoms. The predicted molar refractivity (Wildman–Crippen MR) is 60.8 cm³/mol. The molecule has 2 aromatic rings. The van der Waals surface area contributed by atoms with Crippen LogP contribution in [0.2, 0.25) is 5.15 Å². The van der Waals surface area contributed by atoms with E-state index in [-0.39, 0.29) is 10.7 Å². The van der Waals surface area contributed by atoms with E-state index in [0.717, 1.165) is 0 Å². The molecule has 0 aromatic carbocycles. The third-order valence-electron chi connectivity index (χ3n) is 2.01. The standard InChI is InChI=1S/C9H9ClN6O/c1-16-5-14-7(15-16)2-11-9-6(3-17)8(10)12-4-13-9/h3-5H,2H2,1H3,(H,11,12,13). The quantitative estimate of drug-likeness (QED) is 0.636. The van der Waals surface area contributed by atoms with Gasteiger partial charge in [0.05, 0.1) is 12.1 Å². The highest BCUT2D eigenvalue weighted by Crippen LogP contribution is 2.17. The molecule has 2 rings (SSSR count). The summed E-state index contributed by atoms with van der Waals surface area (Å²) < 4.78 is 1.59. The van der Waals surface area contributed by atoms with Crippen LogP contribution in [0.3, 0.4) is 0 Å². The van der Waals surface area contributed by atoms with Crippen LogP contribution in [0.1, 0.15) is 16.2 Å². The number of halogens is 1. The average Bonchev–Trinajstić information content (AvgIpc) is 2.72. The summed E-state index contributed by atoms with van der Waals surface area (Å²) >= 11 is 5.76. The van der Waals surface area contributed by atoms with Crippen molar-refractivity contribution in [2.24, 2.45) is 7.05 Å². The first-order valence-electron chi connectivity index (χ1n) is 4.74. The van der Waals surface area contributed by atoms with E-state index >= 15 is 0 Å². The van der Waals surface area contributed by atoms with Crippen LogP contribution >= 0.6 is 11.6 Å². The number of hydrogen-bond acceptors (Lipinski definition) is 6. The molecule has 0 aliphatic rings. The first-order chi connectivity index (χ1) is 8.20. The molecular formula is C9H9ClN6O. The fraction of sp³-hybridized carbons (Fsp3) is 0.222. The van der Waals surface area contributed by atoms with Crippen molar-refractivity contribution in [1.82, 2.24) is 24.7 Å². The smallest absolute Gasteiger partial charge is 0.169 e. The Kier molecular flexibility index (Phi) is 3.29. The van der Waals surface area contributed by atoms with Gasteiger partial charge in [-0.3, -0.25) is 9.48 Å². The lowest BCUT2D eigenvalue weighted by Gasteiger charge is -2.05. The average molecular weight is 253 g/mol. The minimum atomic E-state index is 0.117. The number of carbonyl (C=O) groups excluding carboxylic acids is 1. The monoisotopic (exact) mass is 252 g/mol. The Morgan fingerprint density at radius 3 is 2.94 bits per heavy atom.